The van der Waals surface area contributed by atoms with Gasteiger partial charge in [0.1, 0.15) is 16.5 Å². The molecule has 0 spiro atoms. The average Bonchev–Trinajstić information content (AvgIpc) is 2.74. The van der Waals surface area contributed by atoms with E-state index in [0.29, 0.717) is 11.5 Å². The molecule has 0 amide bonds. The van der Waals surface area contributed by atoms with Gasteiger partial charge in [0.15, 0.2) is 0 Å². The summed E-state index contributed by atoms with van der Waals surface area (Å²) >= 11 is 5.11. The molecular formula is C15H18N2OS. The number of nitrogens with two attached hydrogens (primary N) is 1. The highest BCUT2D eigenvalue weighted by Gasteiger charge is 2.11. The van der Waals surface area contributed by atoms with Gasteiger partial charge in [-0.25, -0.2) is 0 Å². The summed E-state index contributed by atoms with van der Waals surface area (Å²) in [5, 5.41) is 0. The van der Waals surface area contributed by atoms with Crippen molar-refractivity contribution in [3.63, 3.8) is 0 Å². The summed E-state index contributed by atoms with van der Waals surface area (Å²) in [5.74, 6) is 1.85. The third kappa shape index (κ3) is 3.15. The fourth-order valence-electron chi connectivity index (χ4n) is 2.05. The lowest BCUT2D eigenvalue weighted by Crippen LogP contribution is -2.21. The zero-order valence-electron chi connectivity index (χ0n) is 11.4. The average molecular weight is 274 g/mol. The summed E-state index contributed by atoms with van der Waals surface area (Å²) in [6, 6.07) is 10.0. The molecule has 4 heteroatoms. The monoisotopic (exact) mass is 274 g/mol. The molecule has 2 rings (SSSR count). The zero-order valence-corrected chi connectivity index (χ0v) is 12.3. The Labute approximate surface area is 119 Å². The van der Waals surface area contributed by atoms with Gasteiger partial charge in [0.2, 0.25) is 0 Å². The van der Waals surface area contributed by atoms with Crippen LogP contribution in [0.5, 0.6) is 0 Å². The van der Waals surface area contributed by atoms with Gasteiger partial charge in [-0.15, -0.1) is 0 Å². The number of thiocarbonyl (C=S) groups is 1. The van der Waals surface area contributed by atoms with Crippen LogP contribution in [-0.4, -0.2) is 12.0 Å². The van der Waals surface area contributed by atoms with E-state index in [9.17, 15) is 0 Å². The number of rotatable bonds is 4. The highest BCUT2D eigenvalue weighted by molar-refractivity contribution is 7.80. The van der Waals surface area contributed by atoms with E-state index in [1.165, 1.54) is 5.56 Å². The minimum absolute atomic E-state index is 0.414. The van der Waals surface area contributed by atoms with Crippen LogP contribution in [0.2, 0.25) is 0 Å². The minimum atomic E-state index is 0.414. The molecule has 0 saturated heterocycles. The Balaban J connectivity index is 2.29. The SMILES string of the molecule is Cc1ccc(C(N)=S)c(N(C)Cc2ccc(C)o2)c1. The van der Waals surface area contributed by atoms with Gasteiger partial charge < -0.3 is 15.1 Å². The van der Waals surface area contributed by atoms with Crippen molar-refractivity contribution in [1.29, 1.82) is 0 Å². The Kier molecular flexibility index (Phi) is 3.90. The van der Waals surface area contributed by atoms with Gasteiger partial charge in [0, 0.05) is 18.3 Å². The summed E-state index contributed by atoms with van der Waals surface area (Å²) in [4.78, 5) is 2.51. The maximum atomic E-state index is 5.78. The van der Waals surface area contributed by atoms with Gasteiger partial charge >= 0.3 is 0 Å². The first-order valence-electron chi connectivity index (χ1n) is 6.14. The Morgan fingerprint density at radius 1 is 1.26 bits per heavy atom. The van der Waals surface area contributed by atoms with E-state index in [-0.39, 0.29) is 0 Å². The van der Waals surface area contributed by atoms with Crippen LogP contribution in [0.4, 0.5) is 5.69 Å². The van der Waals surface area contributed by atoms with Crippen LogP contribution in [-0.2, 0) is 6.54 Å². The standard InChI is InChI=1S/C15H18N2OS/c1-10-4-7-13(15(16)19)14(8-10)17(3)9-12-6-5-11(2)18-12/h4-8H,9H2,1-3H3,(H2,16,19). The topological polar surface area (TPSA) is 42.4 Å². The van der Waals surface area contributed by atoms with E-state index in [4.69, 9.17) is 22.4 Å². The molecule has 0 aliphatic heterocycles. The second kappa shape index (κ2) is 5.45. The highest BCUT2D eigenvalue weighted by atomic mass is 32.1. The Morgan fingerprint density at radius 2 is 2.00 bits per heavy atom. The molecule has 1 heterocycles. The van der Waals surface area contributed by atoms with Crippen LogP contribution in [0.3, 0.4) is 0 Å². The number of hydrogen-bond donors (Lipinski definition) is 1. The molecular weight excluding hydrogens is 256 g/mol. The van der Waals surface area contributed by atoms with Gasteiger partial charge in [-0.3, -0.25) is 0 Å². The molecule has 2 N–H and O–H groups in total. The Hall–Kier alpha value is -1.81. The summed E-state index contributed by atoms with van der Waals surface area (Å²) in [6.45, 7) is 4.68. The maximum Gasteiger partial charge on any atom is 0.123 e. The second-order valence-corrected chi connectivity index (χ2v) is 5.19. The molecule has 0 saturated carbocycles. The van der Waals surface area contributed by atoms with Gasteiger partial charge in [-0.2, -0.15) is 0 Å². The molecule has 0 atom stereocenters. The smallest absolute Gasteiger partial charge is 0.123 e. The van der Waals surface area contributed by atoms with E-state index in [1.54, 1.807) is 0 Å². The van der Waals surface area contributed by atoms with Crippen molar-refractivity contribution in [3.8, 4) is 0 Å². The van der Waals surface area contributed by atoms with E-state index >= 15 is 0 Å². The fraction of sp³-hybridized carbons (Fsp3) is 0.267. The van der Waals surface area contributed by atoms with E-state index < -0.39 is 0 Å². The first-order chi connectivity index (χ1) is 8.97. The van der Waals surface area contributed by atoms with Crippen molar-refractivity contribution in [3.05, 3.63) is 53.0 Å². The van der Waals surface area contributed by atoms with Crippen molar-refractivity contribution in [1.82, 2.24) is 0 Å². The predicted octanol–water partition coefficient (Wildman–Crippen LogP) is 3.17. The van der Waals surface area contributed by atoms with Crippen LogP contribution in [0.15, 0.2) is 34.7 Å². The fourth-order valence-corrected chi connectivity index (χ4v) is 2.23. The van der Waals surface area contributed by atoms with Crippen molar-refractivity contribution < 1.29 is 4.42 Å². The van der Waals surface area contributed by atoms with Crippen molar-refractivity contribution in [2.75, 3.05) is 11.9 Å². The third-order valence-electron chi connectivity index (χ3n) is 3.02. The molecule has 3 nitrogen and oxygen atoms in total. The Bertz CT molecular complexity index is 604. The van der Waals surface area contributed by atoms with Crippen LogP contribution in [0.25, 0.3) is 0 Å². The number of benzene rings is 1. The van der Waals surface area contributed by atoms with Crippen molar-refractivity contribution in [2.45, 2.75) is 20.4 Å². The molecule has 0 aliphatic rings. The van der Waals surface area contributed by atoms with Crippen LogP contribution in [0.1, 0.15) is 22.6 Å². The largest absolute Gasteiger partial charge is 0.464 e. The molecule has 1 aromatic carbocycles. The van der Waals surface area contributed by atoms with Gasteiger partial charge in [-0.1, -0.05) is 18.3 Å². The number of anilines is 1. The number of furan rings is 1. The lowest BCUT2D eigenvalue weighted by Gasteiger charge is -2.21. The second-order valence-electron chi connectivity index (χ2n) is 4.75. The maximum absolute atomic E-state index is 5.78. The molecule has 0 bridgehead atoms. The lowest BCUT2D eigenvalue weighted by molar-refractivity contribution is 0.482. The number of nitrogens with zero attached hydrogens (tertiary/aromatic N) is 1. The third-order valence-corrected chi connectivity index (χ3v) is 3.24. The van der Waals surface area contributed by atoms with Gasteiger partial charge in [0.25, 0.3) is 0 Å². The molecule has 19 heavy (non-hydrogen) atoms. The van der Waals surface area contributed by atoms with Crippen molar-refractivity contribution >= 4 is 22.9 Å². The first kappa shape index (κ1) is 13.6. The van der Waals surface area contributed by atoms with Crippen LogP contribution < -0.4 is 10.6 Å². The summed E-state index contributed by atoms with van der Waals surface area (Å²) in [7, 11) is 2.01. The first-order valence-corrected chi connectivity index (χ1v) is 6.55. The summed E-state index contributed by atoms with van der Waals surface area (Å²) in [6.07, 6.45) is 0. The summed E-state index contributed by atoms with van der Waals surface area (Å²) in [5.41, 5.74) is 8.88. The number of aryl methyl sites for hydroxylation is 2. The van der Waals surface area contributed by atoms with Gasteiger partial charge in [-0.05, 0) is 43.7 Å². The van der Waals surface area contributed by atoms with E-state index in [1.807, 2.05) is 38.2 Å². The molecule has 2 aromatic rings. The normalized spacial score (nSPS) is 10.5. The zero-order chi connectivity index (χ0) is 14.0. The molecule has 0 radical (unpaired) electrons. The summed E-state index contributed by atoms with van der Waals surface area (Å²) < 4.78 is 5.60. The lowest BCUT2D eigenvalue weighted by atomic mass is 10.1. The minimum Gasteiger partial charge on any atom is -0.464 e. The van der Waals surface area contributed by atoms with Crippen LogP contribution >= 0.6 is 12.2 Å². The molecule has 0 unspecified atom stereocenters. The quantitative estimate of drug-likeness (QED) is 0.870. The van der Waals surface area contributed by atoms with Crippen LogP contribution in [0, 0.1) is 13.8 Å². The molecule has 1 aromatic heterocycles. The molecule has 0 aliphatic carbocycles. The van der Waals surface area contributed by atoms with Crippen molar-refractivity contribution in [2.24, 2.45) is 5.73 Å². The predicted molar refractivity (Wildman–Crippen MR) is 82.6 cm³/mol. The molecule has 100 valence electrons. The Morgan fingerprint density at radius 3 is 2.58 bits per heavy atom. The molecule has 0 fully saturated rings. The van der Waals surface area contributed by atoms with E-state index in [2.05, 4.69) is 17.9 Å². The highest BCUT2D eigenvalue weighted by Crippen LogP contribution is 2.23. The van der Waals surface area contributed by atoms with Gasteiger partial charge in [0.05, 0.1) is 6.54 Å². The number of hydrogen-bond acceptors (Lipinski definition) is 3. The van der Waals surface area contributed by atoms with E-state index in [0.717, 1.165) is 22.8 Å².